The average molecular weight is 209 g/mol. The van der Waals surface area contributed by atoms with Crippen molar-refractivity contribution >= 4 is 11.6 Å². The van der Waals surface area contributed by atoms with Crippen LogP contribution in [0.3, 0.4) is 0 Å². The van der Waals surface area contributed by atoms with Gasteiger partial charge in [0.25, 0.3) is 0 Å². The Morgan fingerprint density at radius 1 is 1.08 bits per heavy atom. The number of methoxy groups -OCH3 is 2. The first-order chi connectivity index (χ1) is 5.91. The molecule has 13 heavy (non-hydrogen) atoms. The third-order valence-electron chi connectivity index (χ3n) is 2.16. The maximum absolute atomic E-state index is 5.84. The Labute approximate surface area is 86.6 Å². The van der Waals surface area contributed by atoms with Gasteiger partial charge in [0.2, 0.25) is 0 Å². The van der Waals surface area contributed by atoms with E-state index in [1.54, 1.807) is 14.2 Å². The van der Waals surface area contributed by atoms with Crippen molar-refractivity contribution in [2.75, 3.05) is 14.2 Å². The van der Waals surface area contributed by atoms with Gasteiger partial charge in [0.1, 0.15) is 5.56 Å². The van der Waals surface area contributed by atoms with Crippen LogP contribution in [0.1, 0.15) is 33.6 Å². The monoisotopic (exact) mass is 208 g/mol. The number of rotatable bonds is 5. The van der Waals surface area contributed by atoms with Gasteiger partial charge in [-0.05, 0) is 18.3 Å². The summed E-state index contributed by atoms with van der Waals surface area (Å²) in [5, 5.41) is 0. The minimum Gasteiger partial charge on any atom is -0.381 e. The minimum atomic E-state index is -0.194. The lowest BCUT2D eigenvalue weighted by Gasteiger charge is -2.29. The third-order valence-corrected chi connectivity index (χ3v) is 2.56. The van der Waals surface area contributed by atoms with Crippen molar-refractivity contribution in [2.24, 2.45) is 5.41 Å². The summed E-state index contributed by atoms with van der Waals surface area (Å²) in [6.45, 7) is 6.49. The third kappa shape index (κ3) is 5.50. The molecule has 2 unspecified atom stereocenters. The number of alkyl halides is 1. The van der Waals surface area contributed by atoms with E-state index in [-0.39, 0.29) is 17.1 Å². The van der Waals surface area contributed by atoms with Crippen molar-refractivity contribution in [2.45, 2.75) is 45.3 Å². The second-order valence-corrected chi connectivity index (χ2v) is 4.80. The van der Waals surface area contributed by atoms with Crippen molar-refractivity contribution in [1.82, 2.24) is 0 Å². The van der Waals surface area contributed by atoms with E-state index < -0.39 is 0 Å². The van der Waals surface area contributed by atoms with Crippen LogP contribution < -0.4 is 0 Å². The molecular formula is C10H21ClO2. The predicted octanol–water partition coefficient (Wildman–Crippen LogP) is 3.04. The Balaban J connectivity index is 3.86. The smallest absolute Gasteiger partial charge is 0.130 e. The Kier molecular flexibility index (Phi) is 5.93. The Hall–Kier alpha value is 0.210. The van der Waals surface area contributed by atoms with Gasteiger partial charge in [-0.3, -0.25) is 0 Å². The molecular weight excluding hydrogens is 188 g/mol. The van der Waals surface area contributed by atoms with Gasteiger partial charge in [-0.15, -0.1) is 0 Å². The molecule has 3 heteroatoms. The second kappa shape index (κ2) is 5.84. The quantitative estimate of drug-likeness (QED) is 0.647. The lowest BCUT2D eigenvalue weighted by molar-refractivity contribution is 0.00271. The molecule has 0 heterocycles. The molecule has 0 aromatic rings. The molecule has 0 aromatic heterocycles. The van der Waals surface area contributed by atoms with Crippen LogP contribution in [-0.4, -0.2) is 25.9 Å². The van der Waals surface area contributed by atoms with Crippen LogP contribution in [0.15, 0.2) is 0 Å². The van der Waals surface area contributed by atoms with E-state index in [0.29, 0.717) is 0 Å². The Bertz CT molecular complexity index is 131. The normalized spacial score (nSPS) is 17.1. The average Bonchev–Trinajstić information content (AvgIpc) is 2.02. The van der Waals surface area contributed by atoms with Crippen LogP contribution in [0.25, 0.3) is 0 Å². The summed E-state index contributed by atoms with van der Waals surface area (Å²) in [7, 11) is 3.36. The fourth-order valence-electron chi connectivity index (χ4n) is 1.30. The van der Waals surface area contributed by atoms with Gasteiger partial charge in [-0.2, -0.15) is 0 Å². The van der Waals surface area contributed by atoms with Gasteiger partial charge in [0, 0.05) is 14.2 Å². The van der Waals surface area contributed by atoms with E-state index in [4.69, 9.17) is 21.1 Å². The van der Waals surface area contributed by atoms with Crippen molar-refractivity contribution < 1.29 is 9.47 Å². The van der Waals surface area contributed by atoms with E-state index >= 15 is 0 Å². The molecule has 0 aliphatic heterocycles. The fourth-order valence-corrected chi connectivity index (χ4v) is 1.43. The summed E-state index contributed by atoms with van der Waals surface area (Å²) in [6, 6.07) is 0. The summed E-state index contributed by atoms with van der Waals surface area (Å²) in [5.74, 6) is 0. The summed E-state index contributed by atoms with van der Waals surface area (Å²) in [4.78, 5) is 0. The maximum atomic E-state index is 5.84. The van der Waals surface area contributed by atoms with Gasteiger partial charge < -0.3 is 9.47 Å². The van der Waals surface area contributed by atoms with Gasteiger partial charge in [-0.1, -0.05) is 32.4 Å². The number of halogens is 1. The largest absolute Gasteiger partial charge is 0.381 e. The molecule has 2 nitrogen and oxygen atoms in total. The van der Waals surface area contributed by atoms with Gasteiger partial charge in [0.15, 0.2) is 0 Å². The van der Waals surface area contributed by atoms with E-state index in [9.17, 15) is 0 Å². The first-order valence-corrected chi connectivity index (χ1v) is 5.05. The van der Waals surface area contributed by atoms with Crippen LogP contribution >= 0.6 is 11.6 Å². The lowest BCUT2D eigenvalue weighted by atomic mass is 9.86. The highest BCUT2D eigenvalue weighted by atomic mass is 35.5. The molecule has 0 N–H and O–H groups in total. The zero-order valence-electron chi connectivity index (χ0n) is 9.26. The highest BCUT2D eigenvalue weighted by Crippen LogP contribution is 2.26. The van der Waals surface area contributed by atoms with E-state index in [1.807, 2.05) is 0 Å². The van der Waals surface area contributed by atoms with E-state index in [1.165, 1.54) is 0 Å². The molecule has 0 fully saturated rings. The van der Waals surface area contributed by atoms with E-state index in [0.717, 1.165) is 12.8 Å². The summed E-state index contributed by atoms with van der Waals surface area (Å²) in [5.41, 5.74) is -0.0287. The van der Waals surface area contributed by atoms with Crippen molar-refractivity contribution in [3.63, 3.8) is 0 Å². The van der Waals surface area contributed by atoms with Crippen molar-refractivity contribution in [3.8, 4) is 0 Å². The van der Waals surface area contributed by atoms with Crippen molar-refractivity contribution in [1.29, 1.82) is 0 Å². The minimum absolute atomic E-state index is 0.166. The molecule has 0 spiro atoms. The van der Waals surface area contributed by atoms with Crippen LogP contribution in [0.5, 0.6) is 0 Å². The van der Waals surface area contributed by atoms with Crippen LogP contribution in [-0.2, 0) is 9.47 Å². The summed E-state index contributed by atoms with van der Waals surface area (Å²) < 4.78 is 10.4. The topological polar surface area (TPSA) is 18.5 Å². The number of hydrogen-bond acceptors (Lipinski definition) is 2. The standard InChI is InChI=1S/C10H21ClO2/c1-10(2,3)8(12-4)6-7-9(11)13-5/h8-9H,6-7H2,1-5H3. The summed E-state index contributed by atoms with van der Waals surface area (Å²) >= 11 is 5.84. The molecule has 0 aromatic carbocycles. The fraction of sp³-hybridized carbons (Fsp3) is 1.00. The maximum Gasteiger partial charge on any atom is 0.130 e. The van der Waals surface area contributed by atoms with Gasteiger partial charge >= 0.3 is 0 Å². The Morgan fingerprint density at radius 3 is 1.92 bits per heavy atom. The SMILES string of the molecule is COC(Cl)CCC(OC)C(C)(C)C. The molecule has 0 saturated heterocycles. The Morgan fingerprint density at radius 2 is 1.62 bits per heavy atom. The zero-order valence-corrected chi connectivity index (χ0v) is 10.0. The van der Waals surface area contributed by atoms with Gasteiger partial charge in [-0.25, -0.2) is 0 Å². The van der Waals surface area contributed by atoms with E-state index in [2.05, 4.69) is 20.8 Å². The van der Waals surface area contributed by atoms with Crippen molar-refractivity contribution in [3.05, 3.63) is 0 Å². The molecule has 0 rings (SSSR count). The van der Waals surface area contributed by atoms with Crippen LogP contribution in [0.2, 0.25) is 0 Å². The van der Waals surface area contributed by atoms with Crippen LogP contribution in [0.4, 0.5) is 0 Å². The first kappa shape index (κ1) is 13.2. The molecule has 0 bridgehead atoms. The first-order valence-electron chi connectivity index (χ1n) is 4.61. The molecule has 80 valence electrons. The molecule has 2 atom stereocenters. The molecule has 0 saturated carbocycles. The number of hydrogen-bond donors (Lipinski definition) is 0. The zero-order chi connectivity index (χ0) is 10.5. The van der Waals surface area contributed by atoms with Gasteiger partial charge in [0.05, 0.1) is 6.10 Å². The highest BCUT2D eigenvalue weighted by Gasteiger charge is 2.24. The number of ether oxygens (including phenoxy) is 2. The molecule has 0 aliphatic carbocycles. The predicted molar refractivity (Wildman–Crippen MR) is 56.1 cm³/mol. The molecule has 0 radical (unpaired) electrons. The molecule has 0 amide bonds. The molecule has 0 aliphatic rings. The second-order valence-electron chi connectivity index (χ2n) is 4.31. The lowest BCUT2D eigenvalue weighted by Crippen LogP contribution is -2.29. The highest BCUT2D eigenvalue weighted by molar-refractivity contribution is 6.19. The van der Waals surface area contributed by atoms with Crippen LogP contribution in [0, 0.1) is 5.41 Å². The summed E-state index contributed by atoms with van der Waals surface area (Å²) in [6.07, 6.45) is 2.00.